The number of aryl methyl sites for hydroxylation is 1. The van der Waals surface area contributed by atoms with E-state index in [0.717, 1.165) is 0 Å². The predicted molar refractivity (Wildman–Crippen MR) is 76.5 cm³/mol. The highest BCUT2D eigenvalue weighted by molar-refractivity contribution is 6.34. The first-order valence-electron chi connectivity index (χ1n) is 6.03. The van der Waals surface area contributed by atoms with E-state index >= 15 is 0 Å². The van der Waals surface area contributed by atoms with Gasteiger partial charge in [0.2, 0.25) is 0 Å². The van der Waals surface area contributed by atoms with Crippen molar-refractivity contribution in [3.8, 4) is 0 Å². The molecule has 1 aromatic carbocycles. The number of amides is 1. The maximum atomic E-state index is 12.2. The molecule has 5 nitrogen and oxygen atoms in total. The van der Waals surface area contributed by atoms with E-state index in [0.29, 0.717) is 12.2 Å². The van der Waals surface area contributed by atoms with E-state index in [-0.39, 0.29) is 16.3 Å². The van der Waals surface area contributed by atoms with Crippen molar-refractivity contribution in [3.05, 3.63) is 52.8 Å². The molecule has 1 heterocycles. The number of halogens is 1. The summed E-state index contributed by atoms with van der Waals surface area (Å²) in [6.45, 7) is 2.55. The molecular formula is C14H13ClN2O3. The first-order valence-corrected chi connectivity index (χ1v) is 6.40. The number of hydrogen-bond acceptors (Lipinski definition) is 2. The molecule has 2 N–H and O–H groups in total. The Morgan fingerprint density at radius 3 is 2.70 bits per heavy atom. The van der Waals surface area contributed by atoms with Gasteiger partial charge < -0.3 is 15.0 Å². The molecule has 0 aliphatic rings. The van der Waals surface area contributed by atoms with Crippen LogP contribution < -0.4 is 5.32 Å². The highest BCUT2D eigenvalue weighted by atomic mass is 35.5. The molecule has 0 saturated heterocycles. The molecule has 0 unspecified atom stereocenters. The number of carboxylic acids is 1. The molecule has 0 aliphatic carbocycles. The van der Waals surface area contributed by atoms with Crippen molar-refractivity contribution >= 4 is 29.2 Å². The Morgan fingerprint density at radius 2 is 2.05 bits per heavy atom. The first kappa shape index (κ1) is 14.1. The SMILES string of the molecule is CCn1cccc1C(=O)Nc1c(Cl)cccc1C(=O)O. The lowest BCUT2D eigenvalue weighted by atomic mass is 10.1. The third-order valence-electron chi connectivity index (χ3n) is 2.89. The number of hydrogen-bond donors (Lipinski definition) is 2. The average Bonchev–Trinajstić information content (AvgIpc) is 2.89. The minimum absolute atomic E-state index is 0.0412. The van der Waals surface area contributed by atoms with Crippen molar-refractivity contribution in [1.29, 1.82) is 0 Å². The molecule has 20 heavy (non-hydrogen) atoms. The van der Waals surface area contributed by atoms with Crippen LogP contribution in [0.1, 0.15) is 27.8 Å². The molecule has 1 amide bonds. The van der Waals surface area contributed by atoms with Gasteiger partial charge in [-0.25, -0.2) is 4.79 Å². The van der Waals surface area contributed by atoms with Crippen molar-refractivity contribution in [2.24, 2.45) is 0 Å². The van der Waals surface area contributed by atoms with Crippen LogP contribution in [0.5, 0.6) is 0 Å². The van der Waals surface area contributed by atoms with Crippen molar-refractivity contribution in [3.63, 3.8) is 0 Å². The van der Waals surface area contributed by atoms with Crippen molar-refractivity contribution in [2.45, 2.75) is 13.5 Å². The number of aromatic nitrogens is 1. The Labute approximate surface area is 120 Å². The fourth-order valence-electron chi connectivity index (χ4n) is 1.90. The number of nitrogens with one attached hydrogen (secondary N) is 1. The molecule has 0 spiro atoms. The second-order valence-electron chi connectivity index (χ2n) is 4.10. The van der Waals surface area contributed by atoms with E-state index < -0.39 is 11.9 Å². The van der Waals surface area contributed by atoms with Crippen LogP contribution >= 0.6 is 11.6 Å². The summed E-state index contributed by atoms with van der Waals surface area (Å²) in [6, 6.07) is 7.86. The Bertz CT molecular complexity index is 664. The van der Waals surface area contributed by atoms with E-state index in [1.807, 2.05) is 6.92 Å². The molecule has 1 aromatic heterocycles. The van der Waals surface area contributed by atoms with Gasteiger partial charge in [0.1, 0.15) is 5.69 Å². The van der Waals surface area contributed by atoms with Crippen LogP contribution in [0.25, 0.3) is 0 Å². The van der Waals surface area contributed by atoms with Gasteiger partial charge >= 0.3 is 5.97 Å². The number of benzene rings is 1. The van der Waals surface area contributed by atoms with Crippen molar-refractivity contribution < 1.29 is 14.7 Å². The number of carbonyl (C=O) groups is 2. The zero-order valence-electron chi connectivity index (χ0n) is 10.8. The molecule has 104 valence electrons. The van der Waals surface area contributed by atoms with Crippen LogP contribution in [0.4, 0.5) is 5.69 Å². The van der Waals surface area contributed by atoms with Crippen LogP contribution in [0.3, 0.4) is 0 Å². The Kier molecular flexibility index (Phi) is 4.10. The maximum absolute atomic E-state index is 12.2. The lowest BCUT2D eigenvalue weighted by Gasteiger charge is -2.11. The summed E-state index contributed by atoms with van der Waals surface area (Å²) in [6.07, 6.45) is 1.78. The molecule has 0 fully saturated rings. The van der Waals surface area contributed by atoms with Crippen LogP contribution in [0.15, 0.2) is 36.5 Å². The van der Waals surface area contributed by atoms with Gasteiger partial charge in [0.25, 0.3) is 5.91 Å². The summed E-state index contributed by atoms with van der Waals surface area (Å²) in [5, 5.41) is 11.9. The maximum Gasteiger partial charge on any atom is 0.337 e. The molecular weight excluding hydrogens is 280 g/mol. The van der Waals surface area contributed by atoms with Gasteiger partial charge in [0.15, 0.2) is 0 Å². The Morgan fingerprint density at radius 1 is 1.30 bits per heavy atom. The smallest absolute Gasteiger partial charge is 0.337 e. The van der Waals surface area contributed by atoms with Crippen molar-refractivity contribution in [2.75, 3.05) is 5.32 Å². The van der Waals surface area contributed by atoms with E-state index in [4.69, 9.17) is 16.7 Å². The quantitative estimate of drug-likeness (QED) is 0.909. The van der Waals surface area contributed by atoms with Crippen LogP contribution in [-0.2, 0) is 6.54 Å². The summed E-state index contributed by atoms with van der Waals surface area (Å²) < 4.78 is 1.76. The highest BCUT2D eigenvalue weighted by Crippen LogP contribution is 2.26. The predicted octanol–water partition coefficient (Wildman–Crippen LogP) is 3.11. The van der Waals surface area contributed by atoms with Crippen LogP contribution in [0, 0.1) is 0 Å². The minimum Gasteiger partial charge on any atom is -0.478 e. The monoisotopic (exact) mass is 292 g/mol. The Balaban J connectivity index is 2.35. The summed E-state index contributed by atoms with van der Waals surface area (Å²) in [5.41, 5.74) is 0.514. The van der Waals surface area contributed by atoms with Gasteiger partial charge in [-0.1, -0.05) is 17.7 Å². The van der Waals surface area contributed by atoms with Crippen molar-refractivity contribution in [1.82, 2.24) is 4.57 Å². The second kappa shape index (κ2) is 5.79. The van der Waals surface area contributed by atoms with Gasteiger partial charge in [-0.15, -0.1) is 0 Å². The summed E-state index contributed by atoms with van der Waals surface area (Å²) in [4.78, 5) is 23.3. The zero-order chi connectivity index (χ0) is 14.7. The molecule has 2 rings (SSSR count). The standard InChI is InChI=1S/C14H13ClN2O3/c1-2-17-8-4-7-11(17)13(18)16-12-9(14(19)20)5-3-6-10(12)15/h3-8H,2H2,1H3,(H,16,18)(H,19,20). The minimum atomic E-state index is -1.14. The second-order valence-corrected chi connectivity index (χ2v) is 4.51. The van der Waals surface area contributed by atoms with E-state index in [9.17, 15) is 9.59 Å². The Hall–Kier alpha value is -2.27. The summed E-state index contributed by atoms with van der Waals surface area (Å²) >= 11 is 5.97. The van der Waals surface area contributed by atoms with Gasteiger partial charge in [-0.05, 0) is 31.2 Å². The lowest BCUT2D eigenvalue weighted by Crippen LogP contribution is -2.18. The zero-order valence-corrected chi connectivity index (χ0v) is 11.5. The van der Waals surface area contributed by atoms with Crippen LogP contribution in [0.2, 0.25) is 5.02 Å². The molecule has 0 atom stereocenters. The fourth-order valence-corrected chi connectivity index (χ4v) is 2.12. The molecule has 0 saturated carbocycles. The van der Waals surface area contributed by atoms with E-state index in [2.05, 4.69) is 5.32 Å². The number of nitrogens with zero attached hydrogens (tertiary/aromatic N) is 1. The summed E-state index contributed by atoms with van der Waals surface area (Å²) in [7, 11) is 0. The van der Waals surface area contributed by atoms with E-state index in [1.165, 1.54) is 18.2 Å². The van der Waals surface area contributed by atoms with Gasteiger partial charge in [0.05, 0.1) is 16.3 Å². The number of anilines is 1. The van der Waals surface area contributed by atoms with E-state index in [1.54, 1.807) is 22.9 Å². The fraction of sp³-hybridized carbons (Fsp3) is 0.143. The number of rotatable bonds is 4. The topological polar surface area (TPSA) is 71.3 Å². The highest BCUT2D eigenvalue weighted by Gasteiger charge is 2.17. The third-order valence-corrected chi connectivity index (χ3v) is 3.20. The molecule has 2 aromatic rings. The van der Waals surface area contributed by atoms with Gasteiger partial charge in [-0.3, -0.25) is 4.79 Å². The molecule has 6 heteroatoms. The largest absolute Gasteiger partial charge is 0.478 e. The number of carbonyl (C=O) groups excluding carboxylic acids is 1. The molecule has 0 radical (unpaired) electrons. The van der Waals surface area contributed by atoms with Gasteiger partial charge in [0, 0.05) is 12.7 Å². The number of aromatic carboxylic acids is 1. The first-order chi connectivity index (χ1) is 9.54. The normalized spacial score (nSPS) is 10.3. The van der Waals surface area contributed by atoms with Gasteiger partial charge in [-0.2, -0.15) is 0 Å². The lowest BCUT2D eigenvalue weighted by molar-refractivity contribution is 0.0698. The van der Waals surface area contributed by atoms with Crippen LogP contribution in [-0.4, -0.2) is 21.6 Å². The summed E-state index contributed by atoms with van der Waals surface area (Å²) in [5.74, 6) is -1.54. The molecule has 0 bridgehead atoms. The average molecular weight is 293 g/mol. The number of carboxylic acid groups (broad SMARTS) is 1. The number of para-hydroxylation sites is 1. The molecule has 0 aliphatic heterocycles. The third kappa shape index (κ3) is 2.67.